The Morgan fingerprint density at radius 1 is 1.18 bits per heavy atom. The molecule has 0 spiro atoms. The van der Waals surface area contributed by atoms with E-state index in [0.29, 0.717) is 27.8 Å². The van der Waals surface area contributed by atoms with Gasteiger partial charge in [-0.25, -0.2) is 4.79 Å². The van der Waals surface area contributed by atoms with E-state index in [4.69, 9.17) is 4.74 Å². The maximum absolute atomic E-state index is 12.7. The number of ether oxygens (including phenoxy) is 2. The maximum atomic E-state index is 12.7. The summed E-state index contributed by atoms with van der Waals surface area (Å²) in [6.45, 7) is 2.16. The summed E-state index contributed by atoms with van der Waals surface area (Å²) in [7, 11) is 2.72. The van der Waals surface area contributed by atoms with E-state index in [1.807, 2.05) is 0 Å². The van der Waals surface area contributed by atoms with E-state index in [1.165, 1.54) is 25.6 Å². The van der Waals surface area contributed by atoms with Gasteiger partial charge in [-0.15, -0.1) is 11.3 Å². The third-order valence-electron chi connectivity index (χ3n) is 4.70. The summed E-state index contributed by atoms with van der Waals surface area (Å²) < 4.78 is 9.69. The minimum atomic E-state index is -0.834. The van der Waals surface area contributed by atoms with Crippen LogP contribution >= 0.6 is 11.3 Å². The zero-order chi connectivity index (χ0) is 20.3. The van der Waals surface area contributed by atoms with Crippen LogP contribution < -0.4 is 15.4 Å². The van der Waals surface area contributed by atoms with Gasteiger partial charge in [-0.3, -0.25) is 14.9 Å². The molecule has 0 unspecified atom stereocenters. The van der Waals surface area contributed by atoms with Crippen LogP contribution in [0.5, 0.6) is 5.75 Å². The van der Waals surface area contributed by atoms with Crippen LogP contribution in [0.2, 0.25) is 0 Å². The summed E-state index contributed by atoms with van der Waals surface area (Å²) in [6.07, 6.45) is 1.68. The van der Waals surface area contributed by atoms with Gasteiger partial charge in [0.15, 0.2) is 0 Å². The van der Waals surface area contributed by atoms with Crippen LogP contribution in [0, 0.1) is 5.92 Å². The van der Waals surface area contributed by atoms with Gasteiger partial charge in [0.1, 0.15) is 10.8 Å². The highest BCUT2D eigenvalue weighted by molar-refractivity contribution is 7.17. The molecule has 2 N–H and O–H groups in total. The highest BCUT2D eigenvalue weighted by atomic mass is 32.1. The largest absolute Gasteiger partial charge is 0.497 e. The number of thiophene rings is 1. The number of alkyl carbamates (subject to hydrolysis) is 1. The van der Waals surface area contributed by atoms with E-state index in [9.17, 15) is 14.4 Å². The van der Waals surface area contributed by atoms with Gasteiger partial charge in [-0.1, -0.05) is 13.0 Å². The van der Waals surface area contributed by atoms with E-state index in [0.717, 1.165) is 29.7 Å². The lowest BCUT2D eigenvalue weighted by molar-refractivity contribution is 0.0937. The summed E-state index contributed by atoms with van der Waals surface area (Å²) in [5, 5.41) is 5.47. The second-order valence-corrected chi connectivity index (χ2v) is 7.79. The smallest absolute Gasteiger partial charge is 0.413 e. The van der Waals surface area contributed by atoms with Crippen LogP contribution in [0.1, 0.15) is 44.5 Å². The lowest BCUT2D eigenvalue weighted by Crippen LogP contribution is -2.31. The van der Waals surface area contributed by atoms with Gasteiger partial charge in [0, 0.05) is 10.4 Å². The van der Waals surface area contributed by atoms with Crippen LogP contribution in [0.3, 0.4) is 0 Å². The minimum Gasteiger partial charge on any atom is -0.497 e. The molecule has 0 bridgehead atoms. The number of rotatable bonds is 4. The first kappa shape index (κ1) is 19.9. The van der Waals surface area contributed by atoms with Crippen molar-refractivity contribution in [3.8, 4) is 5.75 Å². The van der Waals surface area contributed by atoms with Gasteiger partial charge >= 0.3 is 6.09 Å². The van der Waals surface area contributed by atoms with E-state index in [1.54, 1.807) is 24.3 Å². The van der Waals surface area contributed by atoms with Gasteiger partial charge in [-0.05, 0) is 48.9 Å². The lowest BCUT2D eigenvalue weighted by atomic mass is 9.88. The van der Waals surface area contributed by atoms with Crippen molar-refractivity contribution in [2.45, 2.75) is 26.2 Å². The van der Waals surface area contributed by atoms with Gasteiger partial charge in [0.25, 0.3) is 11.8 Å². The standard InChI is InChI=1S/C20H22N2O5S/c1-11-7-8-14-15(9-11)28-19(16(14)18(24)22-20(25)27-3)21-17(23)12-5-4-6-13(10-12)26-2/h4-6,10-11H,7-9H2,1-3H3,(H,21,23)(H,22,24,25)/t11-/m0/s1. The Balaban J connectivity index is 1.94. The molecule has 0 aliphatic heterocycles. The zero-order valence-corrected chi connectivity index (χ0v) is 16.8. The number of fused-ring (bicyclic) bond motifs is 1. The Bertz CT molecular complexity index is 921. The number of imide groups is 1. The van der Waals surface area contributed by atoms with Crippen LogP contribution in [-0.2, 0) is 17.6 Å². The molecule has 1 aromatic heterocycles. The van der Waals surface area contributed by atoms with Gasteiger partial charge in [0.2, 0.25) is 0 Å². The molecule has 0 radical (unpaired) electrons. The van der Waals surface area contributed by atoms with Crippen LogP contribution in [0.15, 0.2) is 24.3 Å². The highest BCUT2D eigenvalue weighted by Gasteiger charge is 2.29. The number of nitrogens with one attached hydrogen (secondary N) is 2. The third kappa shape index (κ3) is 4.17. The van der Waals surface area contributed by atoms with Crippen molar-refractivity contribution in [2.75, 3.05) is 19.5 Å². The number of amides is 3. The molecule has 2 aromatic rings. The highest BCUT2D eigenvalue weighted by Crippen LogP contribution is 2.39. The Morgan fingerprint density at radius 3 is 2.68 bits per heavy atom. The monoisotopic (exact) mass is 402 g/mol. The molecule has 0 saturated carbocycles. The van der Waals surface area contributed by atoms with Crippen molar-refractivity contribution >= 4 is 34.2 Å². The second kappa shape index (κ2) is 8.43. The number of carbonyl (C=O) groups is 3. The molecule has 0 fully saturated rings. The van der Waals surface area contributed by atoms with Crippen molar-refractivity contribution in [1.29, 1.82) is 0 Å². The van der Waals surface area contributed by atoms with E-state index in [2.05, 4.69) is 22.3 Å². The van der Waals surface area contributed by atoms with Crippen molar-refractivity contribution in [3.63, 3.8) is 0 Å². The summed E-state index contributed by atoms with van der Waals surface area (Å²) in [6, 6.07) is 6.76. The summed E-state index contributed by atoms with van der Waals surface area (Å²) in [5.74, 6) is 0.151. The van der Waals surface area contributed by atoms with Crippen LogP contribution in [0.25, 0.3) is 0 Å². The number of hydrogen-bond acceptors (Lipinski definition) is 6. The summed E-state index contributed by atoms with van der Waals surface area (Å²) in [4.78, 5) is 38.0. The van der Waals surface area contributed by atoms with E-state index in [-0.39, 0.29) is 5.91 Å². The van der Waals surface area contributed by atoms with Gasteiger partial charge in [-0.2, -0.15) is 0 Å². The lowest BCUT2D eigenvalue weighted by Gasteiger charge is -2.18. The van der Waals surface area contributed by atoms with E-state index >= 15 is 0 Å². The molecule has 8 heteroatoms. The second-order valence-electron chi connectivity index (χ2n) is 6.69. The minimum absolute atomic E-state index is 0.341. The normalized spacial score (nSPS) is 15.3. The number of carbonyl (C=O) groups excluding carboxylic acids is 3. The van der Waals surface area contributed by atoms with Gasteiger partial charge < -0.3 is 14.8 Å². The zero-order valence-electron chi connectivity index (χ0n) is 16.0. The molecule has 148 valence electrons. The third-order valence-corrected chi connectivity index (χ3v) is 5.87. The van der Waals surface area contributed by atoms with E-state index < -0.39 is 12.0 Å². The molecule has 3 amide bonds. The van der Waals surface area contributed by atoms with Crippen molar-refractivity contribution < 1.29 is 23.9 Å². The number of anilines is 1. The predicted molar refractivity (Wildman–Crippen MR) is 106 cm³/mol. The van der Waals surface area contributed by atoms with Crippen molar-refractivity contribution in [2.24, 2.45) is 5.92 Å². The van der Waals surface area contributed by atoms with Crippen LogP contribution in [-0.4, -0.2) is 32.1 Å². The molecule has 1 aliphatic rings. The summed E-state index contributed by atoms with van der Waals surface area (Å²) >= 11 is 1.39. The molecule has 1 heterocycles. The average Bonchev–Trinajstić information content (AvgIpc) is 3.04. The molecular weight excluding hydrogens is 380 g/mol. The predicted octanol–water partition coefficient (Wildman–Crippen LogP) is 3.63. The molecule has 3 rings (SSSR count). The maximum Gasteiger partial charge on any atom is 0.413 e. The van der Waals surface area contributed by atoms with Crippen molar-refractivity contribution in [1.82, 2.24) is 5.32 Å². The Hall–Kier alpha value is -2.87. The SMILES string of the molecule is COC(=O)NC(=O)c1c(NC(=O)c2cccc(OC)c2)sc2c1CC[C@H](C)C2. The fourth-order valence-electron chi connectivity index (χ4n) is 3.22. The Kier molecular flexibility index (Phi) is 5.99. The topological polar surface area (TPSA) is 93.7 Å². The molecule has 1 atom stereocenters. The molecule has 7 nitrogen and oxygen atoms in total. The number of hydrogen-bond donors (Lipinski definition) is 2. The number of methoxy groups -OCH3 is 2. The van der Waals surface area contributed by atoms with Gasteiger partial charge in [0.05, 0.1) is 19.8 Å². The fourth-order valence-corrected chi connectivity index (χ4v) is 4.63. The average molecular weight is 402 g/mol. The quantitative estimate of drug-likeness (QED) is 0.815. The first-order valence-electron chi connectivity index (χ1n) is 8.92. The van der Waals surface area contributed by atoms with Crippen LogP contribution in [0.4, 0.5) is 9.80 Å². The molecular formula is C20H22N2O5S. The molecule has 1 aromatic carbocycles. The summed E-state index contributed by atoms with van der Waals surface area (Å²) in [5.41, 5.74) is 1.65. The Labute approximate surface area is 167 Å². The molecule has 1 aliphatic carbocycles. The molecule has 28 heavy (non-hydrogen) atoms. The Morgan fingerprint density at radius 2 is 1.96 bits per heavy atom. The first-order chi connectivity index (χ1) is 13.4. The first-order valence-corrected chi connectivity index (χ1v) is 9.73. The van der Waals surface area contributed by atoms with Crippen molar-refractivity contribution in [3.05, 3.63) is 45.8 Å². The fraction of sp³-hybridized carbons (Fsp3) is 0.350. The number of benzene rings is 1. The molecule has 0 saturated heterocycles.